The van der Waals surface area contributed by atoms with Gasteiger partial charge in [-0.15, -0.1) is 0 Å². The van der Waals surface area contributed by atoms with Crippen molar-refractivity contribution in [3.63, 3.8) is 0 Å². The first-order chi connectivity index (χ1) is 12.2. The second kappa shape index (κ2) is 6.00. The van der Waals surface area contributed by atoms with Crippen LogP contribution in [0.5, 0.6) is 0 Å². The van der Waals surface area contributed by atoms with Crippen LogP contribution in [0.3, 0.4) is 0 Å². The van der Waals surface area contributed by atoms with Gasteiger partial charge in [0.1, 0.15) is 6.61 Å². The van der Waals surface area contributed by atoms with E-state index in [1.807, 2.05) is 6.08 Å². The van der Waals surface area contributed by atoms with Gasteiger partial charge in [0.2, 0.25) is 0 Å². The third-order valence-corrected chi connectivity index (χ3v) is 8.74. The molecule has 0 aromatic carbocycles. The van der Waals surface area contributed by atoms with Crippen LogP contribution in [0.4, 0.5) is 0 Å². The van der Waals surface area contributed by atoms with Crippen LogP contribution in [-0.2, 0) is 9.59 Å². The van der Waals surface area contributed by atoms with E-state index in [1.165, 1.54) is 5.57 Å². The van der Waals surface area contributed by atoms with Gasteiger partial charge in [0.05, 0.1) is 6.10 Å². The quantitative estimate of drug-likeness (QED) is 0.794. The van der Waals surface area contributed by atoms with Crippen LogP contribution in [0.1, 0.15) is 59.3 Å². The third-order valence-electron chi connectivity index (χ3n) is 8.74. The molecule has 0 unspecified atom stereocenters. The van der Waals surface area contributed by atoms with Gasteiger partial charge < -0.3 is 10.2 Å². The van der Waals surface area contributed by atoms with Crippen molar-refractivity contribution in [2.75, 3.05) is 6.61 Å². The topological polar surface area (TPSA) is 74.6 Å². The van der Waals surface area contributed by atoms with E-state index in [0.29, 0.717) is 24.7 Å². The average molecular weight is 360 g/mol. The molecule has 0 spiro atoms. The summed E-state index contributed by atoms with van der Waals surface area (Å²) in [4.78, 5) is 24.4. The Balaban J connectivity index is 1.73. The fraction of sp³-hybridized carbons (Fsp3) is 0.818. The lowest BCUT2D eigenvalue weighted by Crippen LogP contribution is -2.57. The molecule has 144 valence electrons. The van der Waals surface area contributed by atoms with Gasteiger partial charge in [-0.1, -0.05) is 26.3 Å². The van der Waals surface area contributed by atoms with Crippen molar-refractivity contribution < 1.29 is 19.8 Å². The number of carbonyl (C=O) groups is 2. The second-order valence-corrected chi connectivity index (χ2v) is 9.98. The van der Waals surface area contributed by atoms with Crippen LogP contribution in [0, 0.1) is 40.4 Å². The normalized spacial score (nSPS) is 50.5. The Labute approximate surface area is 156 Å². The molecule has 4 nitrogen and oxygen atoms in total. The molecule has 0 aliphatic heterocycles. The highest BCUT2D eigenvalue weighted by molar-refractivity contribution is 5.91. The molecule has 26 heavy (non-hydrogen) atoms. The molecule has 2 N–H and O–H groups in total. The lowest BCUT2D eigenvalue weighted by molar-refractivity contribution is -0.147. The van der Waals surface area contributed by atoms with Gasteiger partial charge >= 0.3 is 0 Å². The highest BCUT2D eigenvalue weighted by Crippen LogP contribution is 2.67. The molecule has 0 aromatic heterocycles. The number of hydrogen-bond donors (Lipinski definition) is 2. The lowest BCUT2D eigenvalue weighted by Gasteiger charge is -2.59. The van der Waals surface area contributed by atoms with E-state index >= 15 is 0 Å². The van der Waals surface area contributed by atoms with Gasteiger partial charge in [-0.2, -0.15) is 0 Å². The number of Topliss-reactive ketones (excluding diaryl/α,β-unsaturated/α-hetero) is 1. The molecule has 0 amide bonds. The van der Waals surface area contributed by atoms with Crippen molar-refractivity contribution in [2.24, 2.45) is 40.4 Å². The molecule has 3 fully saturated rings. The number of ketones is 2. The molecule has 4 rings (SSSR count). The van der Waals surface area contributed by atoms with E-state index < -0.39 is 12.7 Å². The summed E-state index contributed by atoms with van der Waals surface area (Å²) in [6.45, 7) is 6.17. The minimum absolute atomic E-state index is 0.0565. The minimum atomic E-state index is -0.442. The summed E-state index contributed by atoms with van der Waals surface area (Å²) < 4.78 is 0. The van der Waals surface area contributed by atoms with Crippen molar-refractivity contribution in [1.29, 1.82) is 0 Å². The zero-order valence-corrected chi connectivity index (χ0v) is 16.2. The molecule has 0 radical (unpaired) electrons. The summed E-state index contributed by atoms with van der Waals surface area (Å²) in [5.74, 6) is 1.29. The molecule has 0 aromatic rings. The smallest absolute Gasteiger partial charge is 0.162 e. The first kappa shape index (κ1) is 18.4. The molecule has 0 saturated heterocycles. The highest BCUT2D eigenvalue weighted by atomic mass is 16.3. The second-order valence-electron chi connectivity index (χ2n) is 9.98. The largest absolute Gasteiger partial charge is 0.393 e. The number of fused-ring (bicyclic) bond motifs is 5. The Hall–Kier alpha value is -1.00. The van der Waals surface area contributed by atoms with Gasteiger partial charge in [-0.3, -0.25) is 9.59 Å². The SMILES string of the molecule is C[C@@H]1C[C@H]2[C@@H]3CCC4=CC(=O)CC[C@]4(C)[C@H]3[C@@H](O)C[C@]2(C)[C@H]1C(=O)CO. The van der Waals surface area contributed by atoms with Crippen LogP contribution in [0.15, 0.2) is 11.6 Å². The molecule has 8 atom stereocenters. The molecule has 4 aliphatic carbocycles. The van der Waals surface area contributed by atoms with E-state index in [4.69, 9.17) is 0 Å². The molecule has 3 saturated carbocycles. The van der Waals surface area contributed by atoms with Gasteiger partial charge in [-0.05, 0) is 72.7 Å². The van der Waals surface area contributed by atoms with Crippen LogP contribution in [0.25, 0.3) is 0 Å². The number of aliphatic hydroxyl groups excluding tert-OH is 2. The van der Waals surface area contributed by atoms with Crippen LogP contribution < -0.4 is 0 Å². The van der Waals surface area contributed by atoms with Gasteiger partial charge in [0.15, 0.2) is 11.6 Å². The van der Waals surface area contributed by atoms with Crippen LogP contribution >= 0.6 is 0 Å². The summed E-state index contributed by atoms with van der Waals surface area (Å²) in [5, 5.41) is 20.7. The minimum Gasteiger partial charge on any atom is -0.393 e. The summed E-state index contributed by atoms with van der Waals surface area (Å²) in [5.41, 5.74) is 0.938. The fourth-order valence-corrected chi connectivity index (χ4v) is 7.84. The maximum absolute atomic E-state index is 12.5. The molecular weight excluding hydrogens is 328 g/mol. The van der Waals surface area contributed by atoms with E-state index in [2.05, 4.69) is 20.8 Å². The average Bonchev–Trinajstić information content (AvgIpc) is 2.84. The molecule has 4 aliphatic rings. The summed E-state index contributed by atoms with van der Waals surface area (Å²) in [7, 11) is 0. The third kappa shape index (κ3) is 2.34. The van der Waals surface area contributed by atoms with Crippen molar-refractivity contribution >= 4 is 11.6 Å². The summed E-state index contributed by atoms with van der Waals surface area (Å²) in [6, 6.07) is 0. The van der Waals surface area contributed by atoms with Gasteiger partial charge in [0, 0.05) is 12.3 Å². The van der Waals surface area contributed by atoms with Crippen molar-refractivity contribution in [3.05, 3.63) is 11.6 Å². The highest BCUT2D eigenvalue weighted by Gasteiger charge is 2.64. The zero-order valence-electron chi connectivity index (χ0n) is 16.2. The van der Waals surface area contributed by atoms with E-state index in [0.717, 1.165) is 25.7 Å². The number of carbonyl (C=O) groups excluding carboxylic acids is 2. The van der Waals surface area contributed by atoms with E-state index in [-0.39, 0.29) is 40.2 Å². The Morgan fingerprint density at radius 2 is 2.04 bits per heavy atom. The maximum atomic E-state index is 12.5. The first-order valence-corrected chi connectivity index (χ1v) is 10.3. The monoisotopic (exact) mass is 360 g/mol. The van der Waals surface area contributed by atoms with Crippen molar-refractivity contribution in [2.45, 2.75) is 65.4 Å². The molecular formula is C22H32O4. The standard InChI is InChI=1S/C22H32O4/c1-12-8-16-15-5-4-13-9-14(24)6-7-21(13,2)20(15)17(25)10-22(16,3)19(12)18(26)11-23/h9,12,15-17,19-20,23,25H,4-8,10-11H2,1-3H3/t12-,15+,16+,17+,19-,20-,21+,22+/m1/s1. The van der Waals surface area contributed by atoms with Crippen molar-refractivity contribution in [1.82, 2.24) is 0 Å². The van der Waals surface area contributed by atoms with Crippen LogP contribution in [0.2, 0.25) is 0 Å². The fourth-order valence-electron chi connectivity index (χ4n) is 7.84. The van der Waals surface area contributed by atoms with E-state index in [9.17, 15) is 19.8 Å². The predicted octanol–water partition coefficient (Wildman–Crippen LogP) is 2.91. The Morgan fingerprint density at radius 1 is 1.31 bits per heavy atom. The predicted molar refractivity (Wildman–Crippen MR) is 98.2 cm³/mol. The molecule has 0 heterocycles. The van der Waals surface area contributed by atoms with Gasteiger partial charge in [-0.25, -0.2) is 0 Å². The molecule has 0 bridgehead atoms. The summed E-state index contributed by atoms with van der Waals surface area (Å²) in [6.07, 6.45) is 6.43. The Morgan fingerprint density at radius 3 is 2.73 bits per heavy atom. The van der Waals surface area contributed by atoms with Gasteiger partial charge in [0.25, 0.3) is 0 Å². The van der Waals surface area contributed by atoms with E-state index in [1.54, 1.807) is 0 Å². The van der Waals surface area contributed by atoms with Crippen LogP contribution in [-0.4, -0.2) is 34.5 Å². The summed E-state index contributed by atoms with van der Waals surface area (Å²) >= 11 is 0. The van der Waals surface area contributed by atoms with Crippen molar-refractivity contribution in [3.8, 4) is 0 Å². The zero-order chi connectivity index (χ0) is 18.9. The first-order valence-electron chi connectivity index (χ1n) is 10.3. The number of allylic oxidation sites excluding steroid dienone is 1. The molecule has 4 heteroatoms. The maximum Gasteiger partial charge on any atom is 0.162 e. The lowest BCUT2D eigenvalue weighted by atomic mass is 9.46. The number of aliphatic hydroxyl groups is 2. The Kier molecular flexibility index (Phi) is 4.24. The number of hydrogen-bond acceptors (Lipinski definition) is 4. The Bertz CT molecular complexity index is 667. The number of rotatable bonds is 2.